The summed E-state index contributed by atoms with van der Waals surface area (Å²) in [7, 11) is 1.30. The zero-order chi connectivity index (χ0) is 22.1. The number of nitrogens with one attached hydrogen (secondary N) is 1. The summed E-state index contributed by atoms with van der Waals surface area (Å²) in [4.78, 5) is 38.0. The second-order valence-electron chi connectivity index (χ2n) is 7.73. The van der Waals surface area contributed by atoms with Crippen molar-refractivity contribution in [3.63, 3.8) is 0 Å². The Hall–Kier alpha value is -2.66. The number of hydrogen-bond donors (Lipinski definition) is 1. The lowest BCUT2D eigenvalue weighted by molar-refractivity contribution is -0.146. The van der Waals surface area contributed by atoms with E-state index in [4.69, 9.17) is 16.3 Å². The van der Waals surface area contributed by atoms with Crippen molar-refractivity contribution in [1.29, 1.82) is 0 Å². The molecule has 2 aromatic carbocycles. The van der Waals surface area contributed by atoms with E-state index in [9.17, 15) is 14.4 Å². The molecule has 0 radical (unpaired) electrons. The van der Waals surface area contributed by atoms with E-state index >= 15 is 0 Å². The van der Waals surface area contributed by atoms with Gasteiger partial charge in [-0.2, -0.15) is 0 Å². The zero-order valence-corrected chi connectivity index (χ0v) is 18.3. The summed E-state index contributed by atoms with van der Waals surface area (Å²) in [6.45, 7) is 3.93. The van der Waals surface area contributed by atoms with Crippen LogP contribution in [-0.4, -0.2) is 30.8 Å². The molecular weight excluding hydrogens is 402 g/mol. The zero-order valence-electron chi connectivity index (χ0n) is 17.6. The highest BCUT2D eigenvalue weighted by molar-refractivity contribution is 6.30. The van der Waals surface area contributed by atoms with E-state index in [-0.39, 0.29) is 24.0 Å². The van der Waals surface area contributed by atoms with Crippen LogP contribution in [0.4, 0.5) is 0 Å². The minimum Gasteiger partial charge on any atom is -0.467 e. The summed E-state index contributed by atoms with van der Waals surface area (Å²) in [6.07, 6.45) is 0.876. The molecule has 30 heavy (non-hydrogen) atoms. The molecule has 2 atom stereocenters. The normalized spacial score (nSPS) is 12.8. The third-order valence-electron chi connectivity index (χ3n) is 4.80. The number of carbonyl (C=O) groups excluding carboxylic acids is 3. The van der Waals surface area contributed by atoms with Gasteiger partial charge in [0.25, 0.3) is 0 Å². The summed E-state index contributed by atoms with van der Waals surface area (Å²) >= 11 is 5.90. The van der Waals surface area contributed by atoms with Crippen molar-refractivity contribution in [3.8, 4) is 0 Å². The van der Waals surface area contributed by atoms with Crippen LogP contribution in [0.3, 0.4) is 0 Å². The highest BCUT2D eigenvalue weighted by Gasteiger charge is 2.28. The van der Waals surface area contributed by atoms with Gasteiger partial charge in [0.05, 0.1) is 7.11 Å². The van der Waals surface area contributed by atoms with Crippen molar-refractivity contribution in [2.45, 2.75) is 39.2 Å². The van der Waals surface area contributed by atoms with E-state index in [1.165, 1.54) is 7.11 Å². The van der Waals surface area contributed by atoms with Crippen molar-refractivity contribution in [3.05, 3.63) is 70.7 Å². The topological polar surface area (TPSA) is 72.5 Å². The molecule has 0 spiro atoms. The quantitative estimate of drug-likeness (QED) is 0.446. The van der Waals surface area contributed by atoms with Gasteiger partial charge in [-0.15, -0.1) is 0 Å². The van der Waals surface area contributed by atoms with E-state index in [1.807, 2.05) is 44.2 Å². The standard InChI is InChI=1S/C24H28ClNO4/c1-16(2)13-21(24(29)30-3)26-23(28)19(14-17-7-5-4-6-8-17)15-22(27)18-9-11-20(25)12-10-18/h4-12,16,19,21H,13-15H2,1-3H3,(H,26,28)/t19-,21+/m1/s1. The Bertz CT molecular complexity index is 849. The molecule has 0 aliphatic rings. The predicted molar refractivity (Wildman–Crippen MR) is 117 cm³/mol. The van der Waals surface area contributed by atoms with Crippen LogP contribution in [0.15, 0.2) is 54.6 Å². The molecule has 0 saturated heterocycles. The van der Waals surface area contributed by atoms with Crippen molar-refractivity contribution >= 4 is 29.3 Å². The second-order valence-corrected chi connectivity index (χ2v) is 8.17. The summed E-state index contributed by atoms with van der Waals surface area (Å²) in [5.41, 5.74) is 1.44. The number of carbonyl (C=O) groups is 3. The Morgan fingerprint density at radius 2 is 1.63 bits per heavy atom. The Morgan fingerprint density at radius 1 is 1.00 bits per heavy atom. The van der Waals surface area contributed by atoms with Crippen LogP contribution in [0.1, 0.15) is 42.6 Å². The van der Waals surface area contributed by atoms with E-state index in [0.717, 1.165) is 5.56 Å². The third-order valence-corrected chi connectivity index (χ3v) is 5.05. The average molecular weight is 430 g/mol. The van der Waals surface area contributed by atoms with E-state index in [1.54, 1.807) is 24.3 Å². The lowest BCUT2D eigenvalue weighted by atomic mass is 9.90. The molecule has 0 saturated carbocycles. The summed E-state index contributed by atoms with van der Waals surface area (Å²) in [5, 5.41) is 3.34. The van der Waals surface area contributed by atoms with Crippen molar-refractivity contribution in [1.82, 2.24) is 5.32 Å². The summed E-state index contributed by atoms with van der Waals surface area (Å²) in [5.74, 6) is -1.40. The fourth-order valence-electron chi connectivity index (χ4n) is 3.25. The van der Waals surface area contributed by atoms with Gasteiger partial charge in [-0.05, 0) is 48.6 Å². The first-order valence-electron chi connectivity index (χ1n) is 10.0. The fraction of sp³-hybridized carbons (Fsp3) is 0.375. The molecule has 1 N–H and O–H groups in total. The monoisotopic (exact) mass is 429 g/mol. The Labute approximate surface area is 182 Å². The Kier molecular flexibility index (Phi) is 9.06. The van der Waals surface area contributed by atoms with Crippen LogP contribution in [-0.2, 0) is 20.7 Å². The van der Waals surface area contributed by atoms with Gasteiger partial charge in [0, 0.05) is 22.9 Å². The first-order valence-corrected chi connectivity index (χ1v) is 10.4. The Balaban J connectivity index is 2.20. The molecule has 5 nitrogen and oxygen atoms in total. The van der Waals surface area contributed by atoms with Crippen LogP contribution < -0.4 is 5.32 Å². The largest absolute Gasteiger partial charge is 0.467 e. The Morgan fingerprint density at radius 3 is 2.20 bits per heavy atom. The molecule has 6 heteroatoms. The lowest BCUT2D eigenvalue weighted by Gasteiger charge is -2.22. The number of ketones is 1. The lowest BCUT2D eigenvalue weighted by Crippen LogP contribution is -2.45. The first-order chi connectivity index (χ1) is 14.3. The maximum Gasteiger partial charge on any atom is 0.328 e. The molecule has 0 unspecified atom stereocenters. The van der Waals surface area contributed by atoms with Gasteiger partial charge in [0.1, 0.15) is 6.04 Å². The molecule has 0 bridgehead atoms. The maximum atomic E-state index is 13.1. The molecule has 2 aromatic rings. The smallest absolute Gasteiger partial charge is 0.328 e. The molecule has 0 aliphatic heterocycles. The average Bonchev–Trinajstić information content (AvgIpc) is 2.73. The van der Waals surface area contributed by atoms with E-state index in [0.29, 0.717) is 23.4 Å². The van der Waals surface area contributed by atoms with Crippen LogP contribution in [0.2, 0.25) is 5.02 Å². The van der Waals surface area contributed by atoms with Gasteiger partial charge in [-0.1, -0.05) is 55.8 Å². The van der Waals surface area contributed by atoms with Gasteiger partial charge < -0.3 is 10.1 Å². The van der Waals surface area contributed by atoms with Gasteiger partial charge in [-0.3, -0.25) is 9.59 Å². The summed E-state index contributed by atoms with van der Waals surface area (Å²) in [6, 6.07) is 15.4. The fourth-order valence-corrected chi connectivity index (χ4v) is 3.38. The maximum absolute atomic E-state index is 13.1. The van der Waals surface area contributed by atoms with Crippen LogP contribution in [0.25, 0.3) is 0 Å². The van der Waals surface area contributed by atoms with Crippen LogP contribution in [0, 0.1) is 11.8 Å². The number of halogens is 1. The number of benzene rings is 2. The van der Waals surface area contributed by atoms with Gasteiger partial charge in [0.15, 0.2) is 5.78 Å². The SMILES string of the molecule is COC(=O)[C@H](CC(C)C)NC(=O)[C@@H](CC(=O)c1ccc(Cl)cc1)Cc1ccccc1. The van der Waals surface area contributed by atoms with Crippen molar-refractivity contribution < 1.29 is 19.1 Å². The molecular formula is C24H28ClNO4. The third kappa shape index (κ3) is 7.30. The second kappa shape index (κ2) is 11.5. The van der Waals surface area contributed by atoms with E-state index in [2.05, 4.69) is 5.32 Å². The number of amides is 1. The molecule has 0 aromatic heterocycles. The van der Waals surface area contributed by atoms with Crippen LogP contribution in [0.5, 0.6) is 0 Å². The number of ether oxygens (including phenoxy) is 1. The molecule has 2 rings (SSSR count). The van der Waals surface area contributed by atoms with Crippen molar-refractivity contribution in [2.24, 2.45) is 11.8 Å². The number of hydrogen-bond acceptors (Lipinski definition) is 4. The van der Waals surface area contributed by atoms with Crippen LogP contribution >= 0.6 is 11.6 Å². The molecule has 0 aliphatic carbocycles. The van der Waals surface area contributed by atoms with Gasteiger partial charge in [-0.25, -0.2) is 4.79 Å². The predicted octanol–water partition coefficient (Wildman–Crippen LogP) is 4.48. The minimum absolute atomic E-state index is 0.0257. The summed E-state index contributed by atoms with van der Waals surface area (Å²) < 4.78 is 4.84. The highest BCUT2D eigenvalue weighted by atomic mass is 35.5. The molecule has 1 amide bonds. The minimum atomic E-state index is -0.744. The number of Topliss-reactive ketones (excluding diaryl/α,β-unsaturated/α-hetero) is 1. The molecule has 0 heterocycles. The first kappa shape index (κ1) is 23.6. The van der Waals surface area contributed by atoms with Gasteiger partial charge in [0.2, 0.25) is 5.91 Å². The van der Waals surface area contributed by atoms with E-state index < -0.39 is 17.9 Å². The molecule has 0 fully saturated rings. The highest BCUT2D eigenvalue weighted by Crippen LogP contribution is 2.19. The number of rotatable bonds is 10. The molecule has 160 valence electrons. The number of esters is 1. The van der Waals surface area contributed by atoms with Gasteiger partial charge >= 0.3 is 5.97 Å². The van der Waals surface area contributed by atoms with Crippen molar-refractivity contribution in [2.75, 3.05) is 7.11 Å². The number of methoxy groups -OCH3 is 1.